The van der Waals surface area contributed by atoms with Crippen LogP contribution in [-0.4, -0.2) is 82.6 Å². The molecule has 1 heterocycles. The molecule has 4 atom stereocenters. The van der Waals surface area contributed by atoms with E-state index in [1.807, 2.05) is 26.8 Å². The highest BCUT2D eigenvalue weighted by molar-refractivity contribution is 5.93. The Morgan fingerprint density at radius 3 is 1.29 bits per heavy atom. The van der Waals surface area contributed by atoms with Gasteiger partial charge in [-0.25, -0.2) is 38.2 Å². The largest absolute Gasteiger partial charge is 0.481 e. The molecule has 0 bridgehead atoms. The summed E-state index contributed by atoms with van der Waals surface area (Å²) in [5.74, 6) is -7.65. The monoisotopic (exact) mass is 1270 g/mol. The van der Waals surface area contributed by atoms with Crippen LogP contribution < -0.4 is 11.0 Å². The smallest absolute Gasteiger partial charge is 0.331 e. The van der Waals surface area contributed by atoms with Gasteiger partial charge in [-0.05, 0) is 179 Å². The number of hydrogen-bond donors (Lipinski definition) is 7. The number of hydrogen-bond acceptors (Lipinski definition) is 9. The number of benzene rings is 4. The average Bonchev–Trinajstić information content (AvgIpc) is 3.57. The van der Waals surface area contributed by atoms with Crippen LogP contribution in [0, 0.1) is 74.6 Å². The van der Waals surface area contributed by atoms with Gasteiger partial charge in [-0.15, -0.1) is 0 Å². The minimum atomic E-state index is -1.24. The van der Waals surface area contributed by atoms with Gasteiger partial charge in [-0.1, -0.05) is 150 Å². The average molecular weight is 1270 g/mol. The Bertz CT molecular complexity index is 2740. The number of halogens is 4. The van der Waals surface area contributed by atoms with E-state index in [0.29, 0.717) is 73.0 Å². The molecule has 1 fully saturated rings. The molecule has 1 saturated heterocycles. The lowest BCUT2D eigenvalue weighted by Crippen LogP contribution is -2.37. The molecule has 0 aromatic heterocycles. The Kier molecular flexibility index (Phi) is 48.3. The molecule has 0 spiro atoms. The van der Waals surface area contributed by atoms with E-state index in [9.17, 15) is 46.3 Å². The first-order valence-corrected chi connectivity index (χ1v) is 30.5. The summed E-state index contributed by atoms with van der Waals surface area (Å²) >= 11 is 0. The highest BCUT2D eigenvalue weighted by Gasteiger charge is 2.25. The minimum absolute atomic E-state index is 0. The first kappa shape index (κ1) is 87.3. The SMILES string of the molecule is C.C.CCCC/C(=C\c1ccc(F)c(C)c1)C(=O)O.CCCCC(C(=O)O)C(=O)O.CCCCC(Cc1ccc(F)c(C)c1)C(=O)NO.CCCCC(Cc1ccc(F)c(C)c1)C(=O)NOC1CCCCO1.CCCCC(Cc1ccc(F)c(C)c1)C(=O)O.[B]. The molecule has 503 valence electrons. The summed E-state index contributed by atoms with van der Waals surface area (Å²) in [7, 11) is 0. The van der Waals surface area contributed by atoms with Crippen molar-refractivity contribution in [3.05, 3.63) is 146 Å². The first-order chi connectivity index (χ1) is 41.3. The van der Waals surface area contributed by atoms with Crippen LogP contribution in [0.3, 0.4) is 0 Å². The van der Waals surface area contributed by atoms with Crippen LogP contribution in [0.5, 0.6) is 0 Å². The highest BCUT2D eigenvalue weighted by atomic mass is 19.1. The maximum absolute atomic E-state index is 13.4. The van der Waals surface area contributed by atoms with Crippen molar-refractivity contribution in [2.24, 2.45) is 23.7 Å². The van der Waals surface area contributed by atoms with Crippen molar-refractivity contribution in [1.82, 2.24) is 11.0 Å². The van der Waals surface area contributed by atoms with Gasteiger partial charge in [0.25, 0.3) is 0 Å². The van der Waals surface area contributed by atoms with Crippen LogP contribution in [-0.2, 0) is 57.6 Å². The van der Waals surface area contributed by atoms with Gasteiger partial charge < -0.3 is 25.2 Å². The second-order valence-electron chi connectivity index (χ2n) is 22.0. The molecule has 7 N–H and O–H groups in total. The Morgan fingerprint density at radius 1 is 0.544 bits per heavy atom. The first-order valence-electron chi connectivity index (χ1n) is 30.5. The summed E-state index contributed by atoms with van der Waals surface area (Å²) in [5, 5.41) is 43.7. The number of hydroxylamine groups is 2. The third-order valence-corrected chi connectivity index (χ3v) is 14.5. The third-order valence-electron chi connectivity index (χ3n) is 14.5. The quantitative estimate of drug-likeness (QED) is 0.00642. The van der Waals surface area contributed by atoms with Crippen LogP contribution >= 0.6 is 0 Å². The Balaban J connectivity index is -0.00000106. The molecule has 90 heavy (non-hydrogen) atoms. The number of unbranched alkanes of at least 4 members (excludes halogenated alkanes) is 5. The standard InChI is InChI=1S/C19H28FNO3.C14H20FNO2.C14H19FO2.C14H17FO2.C7H12O4.2CH4.B/c1-3-4-7-16(13-15-9-10-17(20)14(2)12-15)19(22)21-24-18-8-5-6-11-23-18;1-3-4-5-12(14(17)16-18)9-11-6-7-13(15)10(2)8-11;2*1-3-4-5-12(14(16)17)9-11-6-7-13(15)10(2)8-11;1-2-3-4-5(6(8)9)7(10)11;;;/h9-10,12,16,18H,3-8,11,13H2,1-2H3,(H,21,22);6-8,12,18H,3-5,9H2,1-2H3,(H,16,17);6-8,12H,3-5,9H2,1-2H3,(H,16,17);6-9H,3-5H2,1-2H3,(H,16,17);5H,2-4H2,1H3,(H,8,9)(H,10,11);2*1H4;/b;;;12-9+;;;;. The van der Waals surface area contributed by atoms with Crippen molar-refractivity contribution >= 4 is 50.2 Å². The van der Waals surface area contributed by atoms with Crippen molar-refractivity contribution in [1.29, 1.82) is 0 Å². The fourth-order valence-electron chi connectivity index (χ4n) is 9.10. The second-order valence-corrected chi connectivity index (χ2v) is 22.0. The normalized spacial score (nSPS) is 13.3. The van der Waals surface area contributed by atoms with Crippen LogP contribution in [0.4, 0.5) is 17.6 Å². The van der Waals surface area contributed by atoms with Gasteiger partial charge in [-0.3, -0.25) is 29.2 Å². The highest BCUT2D eigenvalue weighted by Crippen LogP contribution is 2.23. The van der Waals surface area contributed by atoms with E-state index in [2.05, 4.69) is 19.3 Å². The molecule has 4 aromatic rings. The minimum Gasteiger partial charge on any atom is -0.481 e. The number of nitrogens with one attached hydrogen (secondary N) is 2. The molecule has 3 radical (unpaired) electrons. The van der Waals surface area contributed by atoms with E-state index in [-0.39, 0.29) is 88.8 Å². The Labute approximate surface area is 535 Å². The Hall–Kier alpha value is -6.90. The molecule has 4 aromatic carbocycles. The molecular weight excluding hydrogens is 1160 g/mol. The van der Waals surface area contributed by atoms with Crippen molar-refractivity contribution in [2.45, 2.75) is 218 Å². The molecule has 15 nitrogen and oxygen atoms in total. The van der Waals surface area contributed by atoms with Crippen LogP contribution in [0.2, 0.25) is 0 Å². The number of amides is 2. The maximum atomic E-state index is 13.4. The predicted octanol–water partition coefficient (Wildman–Crippen LogP) is 16.3. The number of aliphatic carboxylic acids is 4. The van der Waals surface area contributed by atoms with E-state index < -0.39 is 29.8 Å². The molecule has 1 aliphatic heterocycles. The summed E-state index contributed by atoms with van der Waals surface area (Å²) in [5.41, 5.74) is 10.4. The molecule has 1 aliphatic rings. The van der Waals surface area contributed by atoms with E-state index in [4.69, 9.17) is 35.2 Å². The zero-order valence-electron chi connectivity index (χ0n) is 53.0. The van der Waals surface area contributed by atoms with Gasteiger partial charge in [0.2, 0.25) is 11.8 Å². The van der Waals surface area contributed by atoms with Crippen LogP contribution in [0.25, 0.3) is 6.08 Å². The van der Waals surface area contributed by atoms with Crippen molar-refractivity contribution in [3.8, 4) is 0 Å². The van der Waals surface area contributed by atoms with Gasteiger partial charge in [0.05, 0.1) is 5.92 Å². The summed E-state index contributed by atoms with van der Waals surface area (Å²) in [6.07, 6.45) is 17.8. The summed E-state index contributed by atoms with van der Waals surface area (Å²) < 4.78 is 58.2. The molecule has 0 aliphatic carbocycles. The van der Waals surface area contributed by atoms with Gasteiger partial charge in [0.1, 0.15) is 23.3 Å². The molecular formula is C70H104BF4N2O13. The van der Waals surface area contributed by atoms with E-state index in [0.717, 1.165) is 112 Å². The van der Waals surface area contributed by atoms with Gasteiger partial charge in [-0.2, -0.15) is 0 Å². The Morgan fingerprint density at radius 2 is 0.933 bits per heavy atom. The van der Waals surface area contributed by atoms with Crippen LogP contribution in [0.1, 0.15) is 210 Å². The molecule has 20 heteroatoms. The van der Waals surface area contributed by atoms with E-state index in [1.165, 1.54) is 24.3 Å². The van der Waals surface area contributed by atoms with Gasteiger partial charge in [0, 0.05) is 38.8 Å². The summed E-state index contributed by atoms with van der Waals surface area (Å²) in [6, 6.07) is 19.3. The zero-order chi connectivity index (χ0) is 65.4. The summed E-state index contributed by atoms with van der Waals surface area (Å²) in [4.78, 5) is 72.1. The molecule has 4 unspecified atom stereocenters. The summed E-state index contributed by atoms with van der Waals surface area (Å²) in [6.45, 7) is 17.6. The van der Waals surface area contributed by atoms with Crippen molar-refractivity contribution in [3.63, 3.8) is 0 Å². The predicted molar refractivity (Wildman–Crippen MR) is 348 cm³/mol. The molecule has 5 rings (SSSR count). The number of ether oxygens (including phenoxy) is 1. The number of aryl methyl sites for hydroxylation is 4. The zero-order valence-corrected chi connectivity index (χ0v) is 53.0. The lowest BCUT2D eigenvalue weighted by atomic mass is 9.93. The molecule has 0 saturated carbocycles. The lowest BCUT2D eigenvalue weighted by Gasteiger charge is -2.24. The lowest BCUT2D eigenvalue weighted by molar-refractivity contribution is -0.202. The fourth-order valence-corrected chi connectivity index (χ4v) is 9.10. The van der Waals surface area contributed by atoms with Crippen molar-refractivity contribution in [2.75, 3.05) is 6.61 Å². The number of carbonyl (C=O) groups is 6. The fraction of sp³-hybridized carbons (Fsp3) is 0.543. The third kappa shape index (κ3) is 36.1. The maximum Gasteiger partial charge on any atom is 0.331 e. The molecule has 2 amide bonds. The van der Waals surface area contributed by atoms with Gasteiger partial charge in [0.15, 0.2) is 12.2 Å². The van der Waals surface area contributed by atoms with Crippen LogP contribution in [0.15, 0.2) is 78.4 Å². The number of carboxylic acid groups (broad SMARTS) is 4. The number of carbonyl (C=O) groups excluding carboxylic acids is 2. The van der Waals surface area contributed by atoms with Gasteiger partial charge >= 0.3 is 23.9 Å². The number of rotatable bonds is 30. The number of carboxylic acids is 4. The second kappa shape index (κ2) is 49.8. The van der Waals surface area contributed by atoms with Crippen molar-refractivity contribution < 1.29 is 81.5 Å². The van der Waals surface area contributed by atoms with E-state index >= 15 is 0 Å². The van der Waals surface area contributed by atoms with E-state index in [1.54, 1.807) is 81.7 Å². The topological polar surface area (TPSA) is 246 Å².